The van der Waals surface area contributed by atoms with Gasteiger partial charge in [0.2, 0.25) is 0 Å². The van der Waals surface area contributed by atoms with Gasteiger partial charge < -0.3 is 5.11 Å². The first kappa shape index (κ1) is 20.4. The van der Waals surface area contributed by atoms with E-state index < -0.39 is 0 Å². The van der Waals surface area contributed by atoms with Gasteiger partial charge in [0, 0.05) is 12.8 Å². The Balaban J connectivity index is 1.85. The third-order valence-corrected chi connectivity index (χ3v) is 4.66. The first-order valence-corrected chi connectivity index (χ1v) is 9.86. The Bertz CT molecular complexity index is 326. The van der Waals surface area contributed by atoms with Gasteiger partial charge in [-0.25, -0.2) is 0 Å². The summed E-state index contributed by atoms with van der Waals surface area (Å²) in [5, 5.41) is 9.67. The molecule has 0 aromatic carbocycles. The SMILES string of the molecule is CCCC/C=C/CCCCCCCCCC1N=CCN1C(C)O. The Morgan fingerprint density at radius 2 is 1.65 bits per heavy atom. The summed E-state index contributed by atoms with van der Waals surface area (Å²) in [5.74, 6) is 0. The van der Waals surface area contributed by atoms with Gasteiger partial charge in [0.25, 0.3) is 0 Å². The summed E-state index contributed by atoms with van der Waals surface area (Å²) >= 11 is 0. The van der Waals surface area contributed by atoms with Crippen LogP contribution in [0, 0.1) is 0 Å². The van der Waals surface area contributed by atoms with E-state index >= 15 is 0 Å². The number of allylic oxidation sites excluding steroid dienone is 2. The van der Waals surface area contributed by atoms with Crippen molar-refractivity contribution in [3.05, 3.63) is 12.2 Å². The molecule has 0 spiro atoms. The zero-order chi connectivity index (χ0) is 16.8. The molecule has 0 saturated carbocycles. The predicted octanol–water partition coefficient (Wildman–Crippen LogP) is 5.29. The molecule has 0 aliphatic carbocycles. The first-order chi connectivity index (χ1) is 11.3. The fraction of sp³-hybridized carbons (Fsp3) is 0.850. The number of unbranched alkanes of at least 4 members (excludes halogenated alkanes) is 9. The Hall–Kier alpha value is -0.670. The second-order valence-corrected chi connectivity index (χ2v) is 6.81. The summed E-state index contributed by atoms with van der Waals surface area (Å²) in [5.41, 5.74) is 0. The van der Waals surface area contributed by atoms with Gasteiger partial charge in [0.1, 0.15) is 12.4 Å². The summed E-state index contributed by atoms with van der Waals surface area (Å²) in [7, 11) is 0. The molecular weight excluding hydrogens is 284 g/mol. The third-order valence-electron chi connectivity index (χ3n) is 4.66. The van der Waals surface area contributed by atoms with E-state index in [2.05, 4.69) is 29.0 Å². The molecule has 1 rings (SSSR count). The molecule has 1 N–H and O–H groups in total. The van der Waals surface area contributed by atoms with E-state index in [1.54, 1.807) is 0 Å². The summed E-state index contributed by atoms with van der Waals surface area (Å²) < 4.78 is 0. The van der Waals surface area contributed by atoms with Gasteiger partial charge in [-0.2, -0.15) is 0 Å². The molecule has 0 aromatic rings. The van der Waals surface area contributed by atoms with Gasteiger partial charge in [-0.3, -0.25) is 9.89 Å². The highest BCUT2D eigenvalue weighted by molar-refractivity contribution is 5.62. The van der Waals surface area contributed by atoms with Crippen LogP contribution >= 0.6 is 0 Å². The van der Waals surface area contributed by atoms with Crippen LogP contribution in [0.5, 0.6) is 0 Å². The Morgan fingerprint density at radius 1 is 1.04 bits per heavy atom. The van der Waals surface area contributed by atoms with Crippen LogP contribution in [0.1, 0.15) is 90.9 Å². The zero-order valence-corrected chi connectivity index (χ0v) is 15.4. The molecule has 134 valence electrons. The minimum absolute atomic E-state index is 0.217. The molecular formula is C20H38N2O. The van der Waals surface area contributed by atoms with Gasteiger partial charge in [-0.05, 0) is 39.0 Å². The number of aliphatic imine (C=N–C) groups is 1. The van der Waals surface area contributed by atoms with E-state index in [0.29, 0.717) is 0 Å². The Morgan fingerprint density at radius 3 is 2.30 bits per heavy atom. The molecule has 3 heteroatoms. The van der Waals surface area contributed by atoms with Crippen molar-refractivity contribution in [3.8, 4) is 0 Å². The summed E-state index contributed by atoms with van der Waals surface area (Å²) in [6.45, 7) is 4.88. The average Bonchev–Trinajstić information content (AvgIpc) is 3.00. The van der Waals surface area contributed by atoms with Crippen LogP contribution in [0.15, 0.2) is 17.1 Å². The molecule has 2 atom stereocenters. The van der Waals surface area contributed by atoms with Gasteiger partial charge in [0.15, 0.2) is 0 Å². The van der Waals surface area contributed by atoms with Crippen molar-refractivity contribution in [3.63, 3.8) is 0 Å². The monoisotopic (exact) mass is 322 g/mol. The second kappa shape index (κ2) is 13.7. The summed E-state index contributed by atoms with van der Waals surface area (Å²) in [6.07, 6.45) is 22.1. The van der Waals surface area contributed by atoms with Crippen molar-refractivity contribution in [2.75, 3.05) is 6.54 Å². The smallest absolute Gasteiger partial charge is 0.106 e. The minimum Gasteiger partial charge on any atom is -0.379 e. The topological polar surface area (TPSA) is 35.8 Å². The fourth-order valence-electron chi connectivity index (χ4n) is 3.14. The van der Waals surface area contributed by atoms with Crippen molar-refractivity contribution < 1.29 is 5.11 Å². The van der Waals surface area contributed by atoms with E-state index in [4.69, 9.17) is 0 Å². The molecule has 1 aliphatic rings. The van der Waals surface area contributed by atoms with E-state index in [1.807, 2.05) is 13.1 Å². The van der Waals surface area contributed by atoms with Gasteiger partial charge in [0.05, 0.1) is 0 Å². The number of hydrogen-bond acceptors (Lipinski definition) is 3. The van der Waals surface area contributed by atoms with Crippen LogP contribution in [0.25, 0.3) is 0 Å². The lowest BCUT2D eigenvalue weighted by Gasteiger charge is -2.25. The number of aliphatic hydroxyl groups is 1. The quantitative estimate of drug-likeness (QED) is 0.348. The lowest BCUT2D eigenvalue weighted by Crippen LogP contribution is -2.37. The molecule has 23 heavy (non-hydrogen) atoms. The van der Waals surface area contributed by atoms with Crippen LogP contribution in [-0.4, -0.2) is 35.2 Å². The summed E-state index contributed by atoms with van der Waals surface area (Å²) in [6, 6.07) is 0. The van der Waals surface area contributed by atoms with E-state index in [-0.39, 0.29) is 12.4 Å². The van der Waals surface area contributed by atoms with Gasteiger partial charge in [-0.15, -0.1) is 0 Å². The largest absolute Gasteiger partial charge is 0.379 e. The normalized spacial score (nSPS) is 19.9. The average molecular weight is 323 g/mol. The molecule has 0 fully saturated rings. The van der Waals surface area contributed by atoms with Crippen LogP contribution in [0.2, 0.25) is 0 Å². The Kier molecular flexibility index (Phi) is 12.2. The van der Waals surface area contributed by atoms with Crippen molar-refractivity contribution >= 4 is 6.21 Å². The van der Waals surface area contributed by atoms with Crippen LogP contribution in [0.3, 0.4) is 0 Å². The standard InChI is InChI=1S/C20H38N2O/c1-3-4-5-6-7-8-9-10-11-12-13-14-15-16-20-21-17-18-22(20)19(2)23/h6-7,17,19-20,23H,3-5,8-16,18H2,1-2H3/b7-6+. The first-order valence-electron chi connectivity index (χ1n) is 9.86. The molecule has 0 saturated heterocycles. The van der Waals surface area contributed by atoms with Crippen molar-refractivity contribution in [1.82, 2.24) is 4.90 Å². The molecule has 0 bridgehead atoms. The maximum atomic E-state index is 9.67. The molecule has 3 nitrogen and oxygen atoms in total. The van der Waals surface area contributed by atoms with E-state index in [9.17, 15) is 5.11 Å². The third kappa shape index (κ3) is 9.93. The van der Waals surface area contributed by atoms with Crippen molar-refractivity contribution in [2.45, 2.75) is 103 Å². The number of hydrogen-bond donors (Lipinski definition) is 1. The van der Waals surface area contributed by atoms with Crippen LogP contribution in [-0.2, 0) is 0 Å². The Labute approximate surface area is 143 Å². The molecule has 0 amide bonds. The lowest BCUT2D eigenvalue weighted by molar-refractivity contribution is 0.00710. The lowest BCUT2D eigenvalue weighted by atomic mass is 10.1. The van der Waals surface area contributed by atoms with Crippen molar-refractivity contribution in [1.29, 1.82) is 0 Å². The highest BCUT2D eigenvalue weighted by atomic mass is 16.3. The van der Waals surface area contributed by atoms with E-state index in [0.717, 1.165) is 13.0 Å². The fourth-order valence-corrected chi connectivity index (χ4v) is 3.14. The number of rotatable bonds is 14. The van der Waals surface area contributed by atoms with Crippen molar-refractivity contribution in [2.24, 2.45) is 4.99 Å². The molecule has 0 aromatic heterocycles. The summed E-state index contributed by atoms with van der Waals surface area (Å²) in [4.78, 5) is 6.53. The molecule has 0 radical (unpaired) electrons. The minimum atomic E-state index is -0.376. The highest BCUT2D eigenvalue weighted by Crippen LogP contribution is 2.17. The molecule has 1 heterocycles. The van der Waals surface area contributed by atoms with E-state index in [1.165, 1.54) is 70.6 Å². The van der Waals surface area contributed by atoms with Gasteiger partial charge >= 0.3 is 0 Å². The molecule has 2 unspecified atom stereocenters. The molecule has 1 aliphatic heterocycles. The maximum Gasteiger partial charge on any atom is 0.106 e. The predicted molar refractivity (Wildman–Crippen MR) is 101 cm³/mol. The highest BCUT2D eigenvalue weighted by Gasteiger charge is 2.23. The number of nitrogens with zero attached hydrogens (tertiary/aromatic N) is 2. The maximum absolute atomic E-state index is 9.67. The van der Waals surface area contributed by atoms with Crippen LogP contribution < -0.4 is 0 Å². The van der Waals surface area contributed by atoms with Crippen LogP contribution in [0.4, 0.5) is 0 Å². The van der Waals surface area contributed by atoms with Gasteiger partial charge in [-0.1, -0.05) is 64.0 Å². The number of aliphatic hydroxyl groups excluding tert-OH is 1. The zero-order valence-electron chi connectivity index (χ0n) is 15.4. The second-order valence-electron chi connectivity index (χ2n) is 6.81.